The molecule has 0 aromatic rings. The second-order valence-electron chi connectivity index (χ2n) is 4.77. The van der Waals surface area contributed by atoms with Gasteiger partial charge in [-0.25, -0.2) is 0 Å². The maximum absolute atomic E-state index is 9.82. The van der Waals surface area contributed by atoms with Crippen LogP contribution in [0.4, 0.5) is 0 Å². The molecular weight excluding hydrogens is 190 g/mol. The van der Waals surface area contributed by atoms with Gasteiger partial charge in [0.15, 0.2) is 0 Å². The summed E-state index contributed by atoms with van der Waals surface area (Å²) in [6, 6.07) is 0.601. The van der Waals surface area contributed by atoms with E-state index in [2.05, 4.69) is 25.8 Å². The van der Waals surface area contributed by atoms with Crippen molar-refractivity contribution in [1.82, 2.24) is 4.90 Å². The van der Waals surface area contributed by atoms with Crippen LogP contribution in [0.1, 0.15) is 33.1 Å². The van der Waals surface area contributed by atoms with Crippen molar-refractivity contribution in [2.75, 3.05) is 26.8 Å². The molecule has 0 aliphatic carbocycles. The van der Waals surface area contributed by atoms with E-state index in [4.69, 9.17) is 4.74 Å². The largest absolute Gasteiger partial charge is 0.393 e. The molecule has 1 rings (SSSR count). The van der Waals surface area contributed by atoms with E-state index in [1.807, 2.05) is 0 Å². The van der Waals surface area contributed by atoms with Crippen LogP contribution in [0.5, 0.6) is 0 Å². The summed E-state index contributed by atoms with van der Waals surface area (Å²) in [6.07, 6.45) is 3.06. The van der Waals surface area contributed by atoms with E-state index in [0.29, 0.717) is 25.2 Å². The Bertz CT molecular complexity index is 175. The lowest BCUT2D eigenvalue weighted by atomic mass is 9.97. The summed E-state index contributed by atoms with van der Waals surface area (Å²) in [5.41, 5.74) is 0. The first-order valence-corrected chi connectivity index (χ1v) is 6.11. The van der Waals surface area contributed by atoms with Crippen LogP contribution in [0.15, 0.2) is 0 Å². The number of aliphatic hydroxyl groups is 1. The molecule has 90 valence electrons. The van der Waals surface area contributed by atoms with Crippen molar-refractivity contribution in [2.45, 2.75) is 45.3 Å². The number of hydrogen-bond donors (Lipinski definition) is 1. The summed E-state index contributed by atoms with van der Waals surface area (Å²) in [7, 11) is 2.14. The number of hydrogen-bond acceptors (Lipinski definition) is 3. The van der Waals surface area contributed by atoms with Crippen molar-refractivity contribution in [3.05, 3.63) is 0 Å². The van der Waals surface area contributed by atoms with Gasteiger partial charge in [0.25, 0.3) is 0 Å². The third-order valence-corrected chi connectivity index (χ3v) is 3.42. The molecule has 0 radical (unpaired) electrons. The second-order valence-corrected chi connectivity index (χ2v) is 4.77. The van der Waals surface area contributed by atoms with Gasteiger partial charge in [-0.3, -0.25) is 0 Å². The van der Waals surface area contributed by atoms with E-state index < -0.39 is 0 Å². The topological polar surface area (TPSA) is 32.7 Å². The fourth-order valence-corrected chi connectivity index (χ4v) is 2.15. The lowest BCUT2D eigenvalue weighted by Gasteiger charge is -2.33. The van der Waals surface area contributed by atoms with Gasteiger partial charge in [-0.1, -0.05) is 13.3 Å². The molecule has 1 heterocycles. The normalized spacial score (nSPS) is 29.4. The van der Waals surface area contributed by atoms with Crippen molar-refractivity contribution in [2.24, 2.45) is 5.92 Å². The third kappa shape index (κ3) is 4.09. The average Bonchev–Trinajstić information content (AvgIpc) is 2.21. The molecule has 3 nitrogen and oxygen atoms in total. The van der Waals surface area contributed by atoms with Crippen molar-refractivity contribution in [3.8, 4) is 0 Å². The van der Waals surface area contributed by atoms with Crippen LogP contribution in [0.2, 0.25) is 0 Å². The van der Waals surface area contributed by atoms with Gasteiger partial charge in [0.05, 0.1) is 12.7 Å². The Morgan fingerprint density at radius 2 is 2.27 bits per heavy atom. The van der Waals surface area contributed by atoms with Gasteiger partial charge < -0.3 is 14.7 Å². The maximum atomic E-state index is 9.82. The molecule has 15 heavy (non-hydrogen) atoms. The van der Waals surface area contributed by atoms with Gasteiger partial charge in [0.1, 0.15) is 0 Å². The van der Waals surface area contributed by atoms with Crippen LogP contribution >= 0.6 is 0 Å². The molecule has 3 heteroatoms. The zero-order chi connectivity index (χ0) is 11.3. The molecular formula is C12H25NO2. The smallest absolute Gasteiger partial charge is 0.0624 e. The Labute approximate surface area is 93.4 Å². The lowest BCUT2D eigenvalue weighted by Crippen LogP contribution is -2.42. The Morgan fingerprint density at radius 1 is 1.53 bits per heavy atom. The molecule has 0 aromatic heterocycles. The number of nitrogens with zero attached hydrogens (tertiary/aromatic N) is 1. The summed E-state index contributed by atoms with van der Waals surface area (Å²) >= 11 is 0. The minimum Gasteiger partial charge on any atom is -0.393 e. The van der Waals surface area contributed by atoms with Gasteiger partial charge in [-0.15, -0.1) is 0 Å². The van der Waals surface area contributed by atoms with E-state index in [1.54, 1.807) is 0 Å². The van der Waals surface area contributed by atoms with Crippen LogP contribution in [0.25, 0.3) is 0 Å². The number of ether oxygens (including phenoxy) is 1. The molecule has 0 bridgehead atoms. The molecule has 0 saturated carbocycles. The zero-order valence-electron chi connectivity index (χ0n) is 10.3. The van der Waals surface area contributed by atoms with E-state index in [0.717, 1.165) is 13.0 Å². The molecule has 0 aromatic carbocycles. The second kappa shape index (κ2) is 6.46. The highest BCUT2D eigenvalue weighted by Gasteiger charge is 2.25. The first-order chi connectivity index (χ1) is 7.15. The molecule has 1 fully saturated rings. The van der Waals surface area contributed by atoms with Crippen LogP contribution < -0.4 is 0 Å². The van der Waals surface area contributed by atoms with Gasteiger partial charge in [-0.05, 0) is 26.8 Å². The Kier molecular flexibility index (Phi) is 5.58. The highest BCUT2D eigenvalue weighted by atomic mass is 16.5. The van der Waals surface area contributed by atoms with Crippen LogP contribution in [-0.2, 0) is 4.74 Å². The molecule has 3 atom stereocenters. The highest BCUT2D eigenvalue weighted by Crippen LogP contribution is 2.17. The van der Waals surface area contributed by atoms with Gasteiger partial charge in [0.2, 0.25) is 0 Å². The van der Waals surface area contributed by atoms with Crippen molar-refractivity contribution in [3.63, 3.8) is 0 Å². The summed E-state index contributed by atoms with van der Waals surface area (Å²) < 4.78 is 5.41. The van der Waals surface area contributed by atoms with Crippen LogP contribution in [-0.4, -0.2) is 49.0 Å². The monoisotopic (exact) mass is 215 g/mol. The van der Waals surface area contributed by atoms with Crippen LogP contribution in [0, 0.1) is 5.92 Å². The van der Waals surface area contributed by atoms with E-state index in [9.17, 15) is 5.11 Å². The van der Waals surface area contributed by atoms with E-state index >= 15 is 0 Å². The maximum Gasteiger partial charge on any atom is 0.0624 e. The van der Waals surface area contributed by atoms with E-state index in [-0.39, 0.29) is 6.10 Å². The fourth-order valence-electron chi connectivity index (χ4n) is 2.15. The quantitative estimate of drug-likeness (QED) is 0.754. The minimum absolute atomic E-state index is 0.171. The van der Waals surface area contributed by atoms with Crippen molar-refractivity contribution >= 4 is 0 Å². The fraction of sp³-hybridized carbons (Fsp3) is 1.00. The third-order valence-electron chi connectivity index (χ3n) is 3.42. The Morgan fingerprint density at radius 3 is 2.87 bits per heavy atom. The molecule has 3 unspecified atom stereocenters. The lowest BCUT2D eigenvalue weighted by molar-refractivity contribution is -0.0474. The predicted molar refractivity (Wildman–Crippen MR) is 61.9 cm³/mol. The number of aliphatic hydroxyl groups excluding tert-OH is 1. The Balaban J connectivity index is 2.32. The molecule has 0 spiro atoms. The van der Waals surface area contributed by atoms with E-state index in [1.165, 1.54) is 12.8 Å². The molecule has 0 amide bonds. The first-order valence-electron chi connectivity index (χ1n) is 6.11. The van der Waals surface area contributed by atoms with Crippen molar-refractivity contribution < 1.29 is 9.84 Å². The molecule has 1 N–H and O–H groups in total. The SMILES string of the molecule is CCCC(C)N(C)CC1COCCC1O. The Hall–Kier alpha value is -0.120. The molecule has 1 aliphatic heterocycles. The minimum atomic E-state index is -0.171. The molecule has 1 aliphatic rings. The summed E-state index contributed by atoms with van der Waals surface area (Å²) in [6.45, 7) is 6.83. The standard InChI is InChI=1S/C12H25NO2/c1-4-5-10(2)13(3)8-11-9-15-7-6-12(11)14/h10-12,14H,4-9H2,1-3H3. The number of rotatable bonds is 5. The first kappa shape index (κ1) is 12.9. The highest BCUT2D eigenvalue weighted by molar-refractivity contribution is 4.76. The summed E-state index contributed by atoms with van der Waals surface area (Å²) in [5.74, 6) is 0.294. The summed E-state index contributed by atoms with van der Waals surface area (Å²) in [4.78, 5) is 2.34. The van der Waals surface area contributed by atoms with Gasteiger partial charge in [0, 0.05) is 25.1 Å². The van der Waals surface area contributed by atoms with Gasteiger partial charge >= 0.3 is 0 Å². The van der Waals surface area contributed by atoms with Crippen molar-refractivity contribution in [1.29, 1.82) is 0 Å². The zero-order valence-corrected chi connectivity index (χ0v) is 10.3. The predicted octanol–water partition coefficient (Wildman–Crippen LogP) is 1.50. The summed E-state index contributed by atoms with van der Waals surface area (Å²) in [5, 5.41) is 9.82. The van der Waals surface area contributed by atoms with Gasteiger partial charge in [-0.2, -0.15) is 0 Å². The van der Waals surface area contributed by atoms with Crippen LogP contribution in [0.3, 0.4) is 0 Å². The average molecular weight is 215 g/mol. The molecule has 1 saturated heterocycles.